The number of amides is 5. The minimum Gasteiger partial charge on any atom is -0.465 e. The topological polar surface area (TPSA) is 265 Å². The molecule has 2 fully saturated rings. The number of aromatic nitrogens is 5. The van der Waals surface area contributed by atoms with E-state index in [0.717, 1.165) is 37.5 Å². The predicted molar refractivity (Wildman–Crippen MR) is 192 cm³/mol. The normalized spacial score (nSPS) is 18.8. The van der Waals surface area contributed by atoms with Gasteiger partial charge in [0.1, 0.15) is 23.4 Å². The first-order valence-corrected chi connectivity index (χ1v) is 18.3. The van der Waals surface area contributed by atoms with Crippen LogP contribution in [-0.2, 0) is 24.8 Å². The number of carbonyl (C=O) groups excluding carboxylic acids is 5. The Morgan fingerprint density at radius 2 is 1.78 bits per heavy atom. The Balaban J connectivity index is 1.44. The van der Waals surface area contributed by atoms with Crippen molar-refractivity contribution in [3.63, 3.8) is 0 Å². The van der Waals surface area contributed by atoms with Gasteiger partial charge in [-0.15, -0.1) is 5.10 Å². The van der Waals surface area contributed by atoms with Crippen LogP contribution in [0.2, 0.25) is 0 Å². The van der Waals surface area contributed by atoms with Gasteiger partial charge in [0.2, 0.25) is 17.6 Å². The van der Waals surface area contributed by atoms with Crippen LogP contribution in [0.15, 0.2) is 36.7 Å². The van der Waals surface area contributed by atoms with Gasteiger partial charge in [-0.3, -0.25) is 24.0 Å². The zero-order chi connectivity index (χ0) is 39.0. The van der Waals surface area contributed by atoms with Crippen molar-refractivity contribution >= 4 is 46.5 Å². The molecule has 1 saturated carbocycles. The molecular weight excluding hydrogens is 700 g/mol. The van der Waals surface area contributed by atoms with Crippen molar-refractivity contribution < 1.29 is 39.0 Å². The summed E-state index contributed by atoms with van der Waals surface area (Å²) in [6, 6.07) is 2.64. The Labute approximate surface area is 311 Å². The lowest BCUT2D eigenvalue weighted by Gasteiger charge is -2.32. The van der Waals surface area contributed by atoms with E-state index in [1.54, 1.807) is 38.2 Å². The minimum atomic E-state index is -1.37. The molecular formula is C36H48N10O8. The van der Waals surface area contributed by atoms with Crippen LogP contribution in [0, 0.1) is 5.92 Å². The predicted octanol–water partition coefficient (Wildman–Crippen LogP) is 1.34. The van der Waals surface area contributed by atoms with Crippen molar-refractivity contribution in [2.24, 2.45) is 11.7 Å². The maximum atomic E-state index is 14.7. The van der Waals surface area contributed by atoms with Gasteiger partial charge < -0.3 is 36.8 Å². The fourth-order valence-corrected chi connectivity index (χ4v) is 7.30. The number of rotatable bonds is 16. The highest BCUT2D eigenvalue weighted by Crippen LogP contribution is 2.33. The summed E-state index contributed by atoms with van der Waals surface area (Å²) in [5, 5.41) is 36.3. The summed E-state index contributed by atoms with van der Waals surface area (Å²) < 4.78 is 1.47. The molecule has 18 nitrogen and oxygen atoms in total. The molecule has 1 saturated heterocycles. The zero-order valence-electron chi connectivity index (χ0n) is 30.4. The second kappa shape index (κ2) is 17.5. The molecule has 290 valence electrons. The largest absolute Gasteiger partial charge is 0.465 e. The van der Waals surface area contributed by atoms with Crippen molar-refractivity contribution in [1.29, 1.82) is 0 Å². The Kier molecular flexibility index (Phi) is 12.9. The van der Waals surface area contributed by atoms with Crippen molar-refractivity contribution in [1.82, 2.24) is 45.8 Å². The maximum Gasteiger partial charge on any atom is 0.404 e. The first-order valence-electron chi connectivity index (χ1n) is 18.3. The second-order valence-corrected chi connectivity index (χ2v) is 14.5. The van der Waals surface area contributed by atoms with Crippen LogP contribution in [0.5, 0.6) is 0 Å². The SMILES string of the molecule is CC(C)(O)c1cnnn1[C@H]1C[C@@H](C(=O)NC(CCCCNC(=O)O)C(=O)C(N)=O)N(C(=O)[C@@H](CC2CCCCC2)NC(=O)c2ccc3cccnc3n2)C1. The lowest BCUT2D eigenvalue weighted by atomic mass is 9.84. The molecule has 54 heavy (non-hydrogen) atoms. The van der Waals surface area contributed by atoms with Crippen LogP contribution in [0.25, 0.3) is 11.0 Å². The van der Waals surface area contributed by atoms with E-state index < -0.39 is 65.3 Å². The Bertz CT molecular complexity index is 1850. The number of carbonyl (C=O) groups is 6. The van der Waals surface area contributed by atoms with E-state index in [2.05, 4.69) is 36.2 Å². The van der Waals surface area contributed by atoms with Crippen molar-refractivity contribution in [2.45, 2.75) is 108 Å². The number of unbranched alkanes of at least 4 members (excludes halogenated alkanes) is 1. The average Bonchev–Trinajstić information content (AvgIpc) is 3.82. The first-order chi connectivity index (χ1) is 25.7. The summed E-state index contributed by atoms with van der Waals surface area (Å²) in [4.78, 5) is 88.3. The molecule has 1 aliphatic carbocycles. The summed E-state index contributed by atoms with van der Waals surface area (Å²) in [5.74, 6) is -4.01. The fourth-order valence-electron chi connectivity index (χ4n) is 7.30. The molecule has 5 amide bonds. The number of ketones is 1. The van der Waals surface area contributed by atoms with E-state index in [1.165, 1.54) is 15.8 Å². The summed E-state index contributed by atoms with van der Waals surface area (Å²) in [6.07, 6.45) is 7.45. The van der Waals surface area contributed by atoms with Crippen molar-refractivity contribution in [3.05, 3.63) is 48.0 Å². The van der Waals surface area contributed by atoms with Crippen molar-refractivity contribution in [2.75, 3.05) is 13.1 Å². The summed E-state index contributed by atoms with van der Waals surface area (Å²) in [6.45, 7) is 3.16. The van der Waals surface area contributed by atoms with Crippen molar-refractivity contribution in [3.8, 4) is 0 Å². The van der Waals surface area contributed by atoms with Crippen LogP contribution in [-0.4, -0.2) is 107 Å². The molecule has 4 heterocycles. The van der Waals surface area contributed by atoms with Crippen LogP contribution in [0.4, 0.5) is 4.79 Å². The molecule has 0 bridgehead atoms. The number of hydrogen-bond acceptors (Lipinski definition) is 11. The van der Waals surface area contributed by atoms with E-state index in [1.807, 2.05) is 6.07 Å². The van der Waals surface area contributed by atoms with Gasteiger partial charge in [0, 0.05) is 31.1 Å². The Morgan fingerprint density at radius 3 is 2.48 bits per heavy atom. The Hall–Kier alpha value is -5.52. The molecule has 2 aliphatic rings. The third-order valence-corrected chi connectivity index (χ3v) is 10.1. The van der Waals surface area contributed by atoms with Gasteiger partial charge in [-0.1, -0.05) is 37.3 Å². The van der Waals surface area contributed by atoms with E-state index in [-0.39, 0.29) is 44.0 Å². The molecule has 1 unspecified atom stereocenters. The lowest BCUT2D eigenvalue weighted by Crippen LogP contribution is -2.56. The molecule has 1 aliphatic heterocycles. The standard InChI is InChI=1S/C36H48N10O8/c1-36(2,54)28-19-40-44-46(28)23-18-27(33(50)42-24(29(47)30(37)48)12-6-7-15-39-35(52)53)45(20-23)34(51)26(17-21-9-4-3-5-10-21)43-32(49)25-14-13-22-11-8-16-38-31(22)41-25/h8,11,13-14,16,19,21,23-24,26-27,39,54H,3-7,9-10,12,15,17-18,20H2,1-2H3,(H2,37,48)(H,42,50)(H,43,49)(H,52,53)/t23-,24?,26+,27-/m0/s1. The van der Waals surface area contributed by atoms with Gasteiger partial charge in [-0.25, -0.2) is 19.4 Å². The second-order valence-electron chi connectivity index (χ2n) is 14.5. The highest BCUT2D eigenvalue weighted by Gasteiger charge is 2.45. The average molecular weight is 749 g/mol. The number of Topliss-reactive ketones (excluding diaryl/α,β-unsaturated/α-hetero) is 1. The van der Waals surface area contributed by atoms with Crippen LogP contribution >= 0.6 is 0 Å². The number of pyridine rings is 2. The van der Waals surface area contributed by atoms with E-state index in [0.29, 0.717) is 24.2 Å². The molecule has 0 radical (unpaired) electrons. The highest BCUT2D eigenvalue weighted by molar-refractivity contribution is 6.37. The van der Waals surface area contributed by atoms with Gasteiger partial charge in [-0.05, 0) is 69.7 Å². The summed E-state index contributed by atoms with van der Waals surface area (Å²) >= 11 is 0. The molecule has 18 heteroatoms. The molecule has 0 aromatic carbocycles. The number of aliphatic hydroxyl groups is 1. The molecule has 4 atom stereocenters. The summed E-state index contributed by atoms with van der Waals surface area (Å²) in [7, 11) is 0. The molecule has 3 aromatic heterocycles. The highest BCUT2D eigenvalue weighted by atomic mass is 16.4. The number of carboxylic acid groups (broad SMARTS) is 1. The van der Waals surface area contributed by atoms with Crippen LogP contribution in [0.3, 0.4) is 0 Å². The smallest absolute Gasteiger partial charge is 0.404 e. The monoisotopic (exact) mass is 748 g/mol. The number of fused-ring (bicyclic) bond motifs is 1. The van der Waals surface area contributed by atoms with E-state index in [4.69, 9.17) is 10.8 Å². The summed E-state index contributed by atoms with van der Waals surface area (Å²) in [5.41, 5.74) is 4.74. The molecule has 0 spiro atoms. The Morgan fingerprint density at radius 1 is 1.02 bits per heavy atom. The quantitative estimate of drug-likeness (QED) is 0.0896. The number of likely N-dealkylation sites (tertiary alicyclic amines) is 1. The van der Waals surface area contributed by atoms with Gasteiger partial charge >= 0.3 is 6.09 Å². The molecule has 7 N–H and O–H groups in total. The fraction of sp³-hybridized carbons (Fsp3) is 0.556. The first kappa shape index (κ1) is 39.7. The van der Waals surface area contributed by atoms with Gasteiger partial charge in [-0.2, -0.15) is 0 Å². The van der Waals surface area contributed by atoms with Gasteiger partial charge in [0.15, 0.2) is 5.65 Å². The number of nitrogens with two attached hydrogens (primary N) is 1. The van der Waals surface area contributed by atoms with E-state index >= 15 is 0 Å². The zero-order valence-corrected chi connectivity index (χ0v) is 30.4. The number of nitrogens with one attached hydrogen (secondary N) is 3. The lowest BCUT2D eigenvalue weighted by molar-refractivity contribution is -0.142. The van der Waals surface area contributed by atoms with Crippen LogP contribution in [0.1, 0.15) is 100 Å². The van der Waals surface area contributed by atoms with Gasteiger partial charge in [0.05, 0.1) is 24.0 Å². The number of nitrogens with zero attached hydrogens (tertiary/aromatic N) is 6. The third kappa shape index (κ3) is 9.91. The molecule has 5 rings (SSSR count). The maximum absolute atomic E-state index is 14.7. The minimum absolute atomic E-state index is 0.00597. The van der Waals surface area contributed by atoms with Gasteiger partial charge in [0.25, 0.3) is 11.8 Å². The molecule has 3 aromatic rings. The van der Waals surface area contributed by atoms with E-state index in [9.17, 15) is 33.9 Å². The number of hydrogen-bond donors (Lipinski definition) is 6. The third-order valence-electron chi connectivity index (χ3n) is 10.1. The number of primary amides is 1. The van der Waals surface area contributed by atoms with Crippen LogP contribution < -0.4 is 21.7 Å².